The lowest BCUT2D eigenvalue weighted by Crippen LogP contribution is -2.30. The van der Waals surface area contributed by atoms with Crippen LogP contribution in [0.3, 0.4) is 0 Å². The number of carbonyl (C=O) groups excluding carboxylic acids is 1. The first-order valence-electron chi connectivity index (χ1n) is 8.06. The molecule has 1 N–H and O–H groups in total. The summed E-state index contributed by atoms with van der Waals surface area (Å²) in [5.41, 5.74) is 2.62. The van der Waals surface area contributed by atoms with Gasteiger partial charge in [0.2, 0.25) is 0 Å². The van der Waals surface area contributed by atoms with E-state index in [4.69, 9.17) is 9.47 Å². The molecule has 1 heterocycles. The molecular weight excluding hydrogens is 386 g/mol. The molecule has 0 aliphatic rings. The number of hydrogen-bond donors (Lipinski definition) is 1. The molecule has 0 saturated heterocycles. The van der Waals surface area contributed by atoms with E-state index in [9.17, 15) is 4.79 Å². The number of methoxy groups -OCH3 is 2. The quantitative estimate of drug-likeness (QED) is 0.761. The monoisotopic (exact) mass is 409 g/mol. The third-order valence-corrected chi connectivity index (χ3v) is 4.69. The van der Waals surface area contributed by atoms with Crippen LogP contribution in [0.15, 0.2) is 22.7 Å². The number of rotatable bonds is 7. The topological polar surface area (TPSA) is 65.4 Å². The molecule has 0 fully saturated rings. The summed E-state index contributed by atoms with van der Waals surface area (Å²) in [4.78, 5) is 12.5. The second-order valence-corrected chi connectivity index (χ2v) is 6.91. The minimum atomic E-state index is -0.163. The molecule has 25 heavy (non-hydrogen) atoms. The average molecular weight is 410 g/mol. The largest absolute Gasteiger partial charge is 0.495 e. The van der Waals surface area contributed by atoms with Gasteiger partial charge in [0.05, 0.1) is 19.9 Å². The lowest BCUT2D eigenvalue weighted by Gasteiger charge is -2.15. The Kier molecular flexibility index (Phi) is 6.47. The van der Waals surface area contributed by atoms with Crippen LogP contribution in [-0.4, -0.2) is 36.5 Å². The van der Waals surface area contributed by atoms with Gasteiger partial charge in [0.15, 0.2) is 0 Å². The van der Waals surface area contributed by atoms with Gasteiger partial charge in [0, 0.05) is 24.3 Å². The maximum Gasteiger partial charge on any atom is 0.251 e. The number of halogens is 1. The number of aromatic nitrogens is 2. The van der Waals surface area contributed by atoms with Crippen molar-refractivity contribution in [2.75, 3.05) is 20.8 Å². The molecule has 0 aliphatic carbocycles. The Morgan fingerprint density at radius 2 is 1.84 bits per heavy atom. The van der Waals surface area contributed by atoms with Gasteiger partial charge in [-0.15, -0.1) is 0 Å². The van der Waals surface area contributed by atoms with Gasteiger partial charge >= 0.3 is 0 Å². The highest BCUT2D eigenvalue weighted by Gasteiger charge is 2.15. The molecule has 1 amide bonds. The predicted octanol–water partition coefficient (Wildman–Crippen LogP) is 3.35. The highest BCUT2D eigenvalue weighted by atomic mass is 79.9. The lowest BCUT2D eigenvalue weighted by molar-refractivity contribution is 0.0945. The lowest BCUT2D eigenvalue weighted by atomic mass is 10.1. The van der Waals surface area contributed by atoms with Crippen molar-refractivity contribution in [2.24, 2.45) is 5.92 Å². The number of hydrogen-bond acceptors (Lipinski definition) is 4. The van der Waals surface area contributed by atoms with Crippen LogP contribution in [0.2, 0.25) is 0 Å². The summed E-state index contributed by atoms with van der Waals surface area (Å²) in [7, 11) is 3.11. The van der Waals surface area contributed by atoms with E-state index in [1.165, 1.54) is 0 Å². The van der Waals surface area contributed by atoms with Crippen molar-refractivity contribution in [3.63, 3.8) is 0 Å². The van der Waals surface area contributed by atoms with Crippen LogP contribution in [0.5, 0.6) is 11.5 Å². The van der Waals surface area contributed by atoms with E-state index in [1.807, 2.05) is 24.6 Å². The van der Waals surface area contributed by atoms with Gasteiger partial charge in [-0.25, -0.2) is 0 Å². The molecule has 1 atom stereocenters. The van der Waals surface area contributed by atoms with Crippen LogP contribution < -0.4 is 14.8 Å². The Morgan fingerprint density at radius 3 is 2.32 bits per heavy atom. The number of ether oxygens (including phenoxy) is 2. The van der Waals surface area contributed by atoms with Crippen molar-refractivity contribution in [1.29, 1.82) is 0 Å². The van der Waals surface area contributed by atoms with Crippen molar-refractivity contribution in [2.45, 2.75) is 27.3 Å². The molecule has 136 valence electrons. The van der Waals surface area contributed by atoms with Gasteiger partial charge in [-0.2, -0.15) is 5.10 Å². The Morgan fingerprint density at radius 1 is 1.24 bits per heavy atom. The fraction of sp³-hybridized carbons (Fsp3) is 0.444. The minimum Gasteiger partial charge on any atom is -0.495 e. The maximum absolute atomic E-state index is 12.5. The second-order valence-electron chi connectivity index (χ2n) is 6.12. The zero-order valence-electron chi connectivity index (χ0n) is 15.2. The summed E-state index contributed by atoms with van der Waals surface area (Å²) in [6.07, 6.45) is 0. The van der Waals surface area contributed by atoms with Crippen molar-refractivity contribution in [3.05, 3.63) is 39.6 Å². The summed E-state index contributed by atoms with van der Waals surface area (Å²) >= 11 is 3.40. The summed E-state index contributed by atoms with van der Waals surface area (Å²) in [6.45, 7) is 7.40. The van der Waals surface area contributed by atoms with Crippen LogP contribution >= 0.6 is 15.9 Å². The van der Waals surface area contributed by atoms with Gasteiger partial charge in [0.25, 0.3) is 5.91 Å². The van der Waals surface area contributed by atoms with Crippen molar-refractivity contribution >= 4 is 21.8 Å². The van der Waals surface area contributed by atoms with Crippen LogP contribution in [0.4, 0.5) is 0 Å². The van der Waals surface area contributed by atoms with Crippen LogP contribution in [0.1, 0.15) is 28.7 Å². The SMILES string of the molecule is COc1cc(C(=O)NCC(C)Cn2nc(C)cc2C)cc(OC)c1Br. The van der Waals surface area contributed by atoms with Crippen LogP contribution in [0, 0.1) is 19.8 Å². The Labute approximate surface area is 156 Å². The third-order valence-electron chi connectivity index (χ3n) is 3.91. The fourth-order valence-corrected chi connectivity index (χ4v) is 3.14. The smallest absolute Gasteiger partial charge is 0.251 e. The number of amides is 1. The summed E-state index contributed by atoms with van der Waals surface area (Å²) in [5.74, 6) is 1.20. The minimum absolute atomic E-state index is 0.163. The van der Waals surface area contributed by atoms with Gasteiger partial charge in [-0.05, 0) is 53.9 Å². The molecule has 1 aromatic carbocycles. The van der Waals surface area contributed by atoms with E-state index in [-0.39, 0.29) is 11.8 Å². The van der Waals surface area contributed by atoms with E-state index < -0.39 is 0 Å². The van der Waals surface area contributed by atoms with E-state index >= 15 is 0 Å². The van der Waals surface area contributed by atoms with Gasteiger partial charge in [-0.3, -0.25) is 9.48 Å². The highest BCUT2D eigenvalue weighted by Crippen LogP contribution is 2.35. The number of nitrogens with zero attached hydrogens (tertiary/aromatic N) is 2. The predicted molar refractivity (Wildman–Crippen MR) is 100 cm³/mol. The standard InChI is InChI=1S/C18H24BrN3O3/c1-11(10-22-13(3)6-12(2)21-22)9-20-18(23)14-7-15(24-4)17(19)16(8-14)25-5/h6-8,11H,9-10H2,1-5H3,(H,20,23). The molecule has 1 aromatic heterocycles. The Balaban J connectivity index is 2.01. The summed E-state index contributed by atoms with van der Waals surface area (Å²) in [6, 6.07) is 5.42. The number of aryl methyl sites for hydroxylation is 2. The second kappa shape index (κ2) is 8.38. The van der Waals surface area contributed by atoms with E-state index in [0.29, 0.717) is 28.1 Å². The first-order valence-corrected chi connectivity index (χ1v) is 8.85. The van der Waals surface area contributed by atoms with Gasteiger partial charge in [0.1, 0.15) is 16.0 Å². The van der Waals surface area contributed by atoms with Crippen LogP contribution in [0.25, 0.3) is 0 Å². The molecule has 2 rings (SSSR count). The molecule has 6 nitrogen and oxygen atoms in total. The van der Waals surface area contributed by atoms with E-state index in [0.717, 1.165) is 17.9 Å². The zero-order chi connectivity index (χ0) is 18.6. The normalized spacial score (nSPS) is 11.9. The molecule has 0 saturated carbocycles. The molecule has 1 unspecified atom stereocenters. The van der Waals surface area contributed by atoms with Crippen LogP contribution in [-0.2, 0) is 6.54 Å². The molecule has 0 spiro atoms. The van der Waals surface area contributed by atoms with Gasteiger partial charge in [-0.1, -0.05) is 6.92 Å². The molecule has 0 aliphatic heterocycles. The number of carbonyl (C=O) groups is 1. The Bertz CT molecular complexity index is 733. The van der Waals surface area contributed by atoms with E-state index in [1.54, 1.807) is 26.4 Å². The molecule has 0 radical (unpaired) electrons. The van der Waals surface area contributed by atoms with Crippen molar-refractivity contribution in [3.8, 4) is 11.5 Å². The first kappa shape index (κ1) is 19.3. The zero-order valence-corrected chi connectivity index (χ0v) is 16.8. The number of benzene rings is 1. The fourth-order valence-electron chi connectivity index (χ4n) is 2.59. The van der Waals surface area contributed by atoms with Crippen molar-refractivity contribution in [1.82, 2.24) is 15.1 Å². The first-order chi connectivity index (χ1) is 11.8. The number of nitrogens with one attached hydrogen (secondary N) is 1. The van der Waals surface area contributed by atoms with Crippen molar-refractivity contribution < 1.29 is 14.3 Å². The molecular formula is C18H24BrN3O3. The Hall–Kier alpha value is -2.02. The highest BCUT2D eigenvalue weighted by molar-refractivity contribution is 9.10. The summed E-state index contributed by atoms with van der Waals surface area (Å²) in [5, 5.41) is 7.42. The maximum atomic E-state index is 12.5. The average Bonchev–Trinajstić information content (AvgIpc) is 2.90. The molecule has 2 aromatic rings. The van der Waals surface area contributed by atoms with E-state index in [2.05, 4.69) is 33.3 Å². The summed E-state index contributed by atoms with van der Waals surface area (Å²) < 4.78 is 13.2. The van der Waals surface area contributed by atoms with Gasteiger partial charge < -0.3 is 14.8 Å². The molecule has 0 bridgehead atoms. The molecule has 7 heteroatoms. The third kappa shape index (κ3) is 4.75.